The molecule has 0 aromatic heterocycles. The van der Waals surface area contributed by atoms with Gasteiger partial charge in [-0.05, 0) is 31.7 Å². The van der Waals surface area contributed by atoms with E-state index in [4.69, 9.17) is 0 Å². The van der Waals surface area contributed by atoms with Crippen molar-refractivity contribution >= 4 is 0 Å². The summed E-state index contributed by atoms with van der Waals surface area (Å²) >= 11 is 0. The van der Waals surface area contributed by atoms with Crippen LogP contribution < -0.4 is 5.32 Å². The SMILES string of the molecule is CCC(C)C1CN(CCCC(F)(F)F)C(CC)(CC)CN1. The minimum absolute atomic E-state index is 0.0234. The van der Waals surface area contributed by atoms with Crippen molar-refractivity contribution in [1.29, 1.82) is 0 Å². The Bertz CT molecular complexity index is 300. The van der Waals surface area contributed by atoms with Crippen molar-refractivity contribution in [3.8, 4) is 0 Å². The summed E-state index contributed by atoms with van der Waals surface area (Å²) in [6.45, 7) is 11.0. The van der Waals surface area contributed by atoms with Crippen LogP contribution >= 0.6 is 0 Å². The lowest BCUT2D eigenvalue weighted by Gasteiger charge is -2.51. The van der Waals surface area contributed by atoms with Crippen LogP contribution in [0.2, 0.25) is 0 Å². The van der Waals surface area contributed by atoms with Crippen LogP contribution in [-0.2, 0) is 0 Å². The lowest BCUT2D eigenvalue weighted by atomic mass is 9.84. The van der Waals surface area contributed by atoms with Crippen LogP contribution in [0.5, 0.6) is 0 Å². The van der Waals surface area contributed by atoms with Gasteiger partial charge in [0.2, 0.25) is 0 Å². The molecule has 0 spiro atoms. The van der Waals surface area contributed by atoms with E-state index < -0.39 is 12.6 Å². The highest BCUT2D eigenvalue weighted by Gasteiger charge is 2.40. The number of hydrogen-bond donors (Lipinski definition) is 1. The molecule has 1 rings (SSSR count). The summed E-state index contributed by atoms with van der Waals surface area (Å²) in [5, 5.41) is 3.64. The Morgan fingerprint density at radius 1 is 1.24 bits per heavy atom. The Kier molecular flexibility index (Phi) is 6.98. The maximum atomic E-state index is 12.4. The zero-order valence-corrected chi connectivity index (χ0v) is 13.9. The lowest BCUT2D eigenvalue weighted by molar-refractivity contribution is -0.137. The Balaban J connectivity index is 2.69. The normalized spacial score (nSPS) is 25.0. The Morgan fingerprint density at radius 3 is 2.33 bits per heavy atom. The first-order chi connectivity index (χ1) is 9.78. The highest BCUT2D eigenvalue weighted by atomic mass is 19.4. The maximum Gasteiger partial charge on any atom is 0.389 e. The summed E-state index contributed by atoms with van der Waals surface area (Å²) in [4.78, 5) is 2.33. The molecule has 0 amide bonds. The van der Waals surface area contributed by atoms with Crippen LogP contribution in [0, 0.1) is 5.92 Å². The monoisotopic (exact) mass is 308 g/mol. The number of nitrogens with zero attached hydrogens (tertiary/aromatic N) is 1. The quantitative estimate of drug-likeness (QED) is 0.758. The number of alkyl halides is 3. The van der Waals surface area contributed by atoms with Crippen molar-refractivity contribution in [2.24, 2.45) is 5.92 Å². The van der Waals surface area contributed by atoms with Gasteiger partial charge in [0.25, 0.3) is 0 Å². The predicted molar refractivity (Wildman–Crippen MR) is 81.4 cm³/mol. The van der Waals surface area contributed by atoms with Gasteiger partial charge < -0.3 is 5.32 Å². The van der Waals surface area contributed by atoms with Gasteiger partial charge in [-0.25, -0.2) is 0 Å². The second-order valence-electron chi connectivity index (χ2n) is 6.47. The van der Waals surface area contributed by atoms with E-state index in [9.17, 15) is 13.2 Å². The number of hydrogen-bond acceptors (Lipinski definition) is 2. The standard InChI is InChI=1S/C16H31F3N2/c1-5-13(4)14-11-21(10-8-9-16(17,18)19)15(6-2,7-3)12-20-14/h13-14,20H,5-12H2,1-4H3. The third-order valence-electron chi connectivity index (χ3n) is 5.32. The molecule has 1 aliphatic rings. The molecular formula is C16H31F3N2. The van der Waals surface area contributed by atoms with Gasteiger partial charge in [0, 0.05) is 31.1 Å². The van der Waals surface area contributed by atoms with E-state index in [0.29, 0.717) is 18.5 Å². The predicted octanol–water partition coefficient (Wildman–Crippen LogP) is 4.21. The molecule has 0 aromatic carbocycles. The molecule has 5 heteroatoms. The molecule has 2 unspecified atom stereocenters. The van der Waals surface area contributed by atoms with Crippen molar-refractivity contribution in [3.63, 3.8) is 0 Å². The molecule has 0 bridgehead atoms. The van der Waals surface area contributed by atoms with Crippen LogP contribution in [0.4, 0.5) is 13.2 Å². The fraction of sp³-hybridized carbons (Fsp3) is 1.00. The summed E-state index contributed by atoms with van der Waals surface area (Å²) in [6.07, 6.45) is -1.44. The van der Waals surface area contributed by atoms with Crippen molar-refractivity contribution < 1.29 is 13.2 Å². The average Bonchev–Trinajstić information content (AvgIpc) is 2.45. The van der Waals surface area contributed by atoms with Crippen molar-refractivity contribution in [2.75, 3.05) is 19.6 Å². The molecule has 21 heavy (non-hydrogen) atoms. The molecule has 2 atom stereocenters. The minimum atomic E-state index is -4.04. The van der Waals surface area contributed by atoms with Crippen LogP contribution in [0.1, 0.15) is 59.8 Å². The third kappa shape index (κ3) is 5.13. The highest BCUT2D eigenvalue weighted by molar-refractivity contribution is 4.98. The van der Waals surface area contributed by atoms with Gasteiger partial charge in [-0.3, -0.25) is 4.90 Å². The van der Waals surface area contributed by atoms with Crippen LogP contribution in [0.25, 0.3) is 0 Å². The molecule has 0 aromatic rings. The summed E-state index contributed by atoms with van der Waals surface area (Å²) in [6, 6.07) is 0.395. The summed E-state index contributed by atoms with van der Waals surface area (Å²) in [7, 11) is 0. The summed E-state index contributed by atoms with van der Waals surface area (Å²) < 4.78 is 37.2. The van der Waals surface area contributed by atoms with Crippen LogP contribution in [0.3, 0.4) is 0 Å². The first kappa shape index (κ1) is 18.8. The van der Waals surface area contributed by atoms with Gasteiger partial charge in [-0.1, -0.05) is 34.1 Å². The van der Waals surface area contributed by atoms with E-state index >= 15 is 0 Å². The molecule has 1 aliphatic heterocycles. The molecule has 1 saturated heterocycles. The topological polar surface area (TPSA) is 15.3 Å². The Morgan fingerprint density at radius 2 is 1.86 bits per heavy atom. The van der Waals surface area contributed by atoms with Gasteiger partial charge in [-0.2, -0.15) is 13.2 Å². The molecule has 126 valence electrons. The highest BCUT2D eigenvalue weighted by Crippen LogP contribution is 2.30. The van der Waals surface area contributed by atoms with Crippen LogP contribution in [-0.4, -0.2) is 42.3 Å². The maximum absolute atomic E-state index is 12.4. The van der Waals surface area contributed by atoms with Gasteiger partial charge in [0.1, 0.15) is 0 Å². The zero-order valence-electron chi connectivity index (χ0n) is 13.9. The Labute approximate surface area is 127 Å². The van der Waals surface area contributed by atoms with Crippen molar-refractivity contribution in [1.82, 2.24) is 10.2 Å². The van der Waals surface area contributed by atoms with E-state index in [0.717, 1.165) is 32.4 Å². The molecule has 0 saturated carbocycles. The fourth-order valence-electron chi connectivity index (χ4n) is 3.34. The van der Waals surface area contributed by atoms with Crippen LogP contribution in [0.15, 0.2) is 0 Å². The van der Waals surface area contributed by atoms with E-state index in [1.165, 1.54) is 0 Å². The minimum Gasteiger partial charge on any atom is -0.311 e. The Hall–Kier alpha value is -0.290. The number of piperazine rings is 1. The number of rotatable bonds is 7. The molecule has 2 nitrogen and oxygen atoms in total. The van der Waals surface area contributed by atoms with E-state index in [1.807, 2.05) is 0 Å². The van der Waals surface area contributed by atoms with Gasteiger partial charge in [-0.15, -0.1) is 0 Å². The van der Waals surface area contributed by atoms with E-state index in [2.05, 4.69) is 37.9 Å². The van der Waals surface area contributed by atoms with E-state index in [1.54, 1.807) is 0 Å². The van der Waals surface area contributed by atoms with Gasteiger partial charge >= 0.3 is 6.18 Å². The molecule has 1 N–H and O–H groups in total. The summed E-state index contributed by atoms with van der Waals surface area (Å²) in [5.74, 6) is 0.557. The second-order valence-corrected chi connectivity index (χ2v) is 6.47. The largest absolute Gasteiger partial charge is 0.389 e. The van der Waals surface area contributed by atoms with Crippen molar-refractivity contribution in [2.45, 2.75) is 77.6 Å². The smallest absolute Gasteiger partial charge is 0.311 e. The average molecular weight is 308 g/mol. The van der Waals surface area contributed by atoms with E-state index in [-0.39, 0.29) is 12.0 Å². The molecule has 1 heterocycles. The van der Waals surface area contributed by atoms with Gasteiger partial charge in [0.05, 0.1) is 0 Å². The lowest BCUT2D eigenvalue weighted by Crippen LogP contribution is -2.65. The molecule has 1 fully saturated rings. The molecular weight excluding hydrogens is 277 g/mol. The summed E-state index contributed by atoms with van der Waals surface area (Å²) in [5.41, 5.74) is 0.0234. The first-order valence-corrected chi connectivity index (χ1v) is 8.33. The second kappa shape index (κ2) is 7.82. The third-order valence-corrected chi connectivity index (χ3v) is 5.32. The van der Waals surface area contributed by atoms with Crippen molar-refractivity contribution in [3.05, 3.63) is 0 Å². The molecule has 0 aliphatic carbocycles. The fourth-order valence-corrected chi connectivity index (χ4v) is 3.34. The zero-order chi connectivity index (χ0) is 16.1. The number of halogens is 3. The van der Waals surface area contributed by atoms with Gasteiger partial charge in [0.15, 0.2) is 0 Å². The first-order valence-electron chi connectivity index (χ1n) is 8.33. The molecule has 0 radical (unpaired) electrons. The number of nitrogens with one attached hydrogen (secondary N) is 1.